The van der Waals surface area contributed by atoms with E-state index in [1.54, 1.807) is 18.4 Å². The summed E-state index contributed by atoms with van der Waals surface area (Å²) in [4.78, 5) is 55.0. The number of ether oxygens (including phenoxy) is 1. The molecule has 13 heteroatoms. The number of nitrogens with zero attached hydrogens (tertiary/aromatic N) is 3. The quantitative estimate of drug-likeness (QED) is 0.551. The number of imidazole rings is 1. The van der Waals surface area contributed by atoms with Gasteiger partial charge in [-0.05, 0) is 12.8 Å². The molecule has 3 N–H and O–H groups in total. The van der Waals surface area contributed by atoms with Crippen molar-refractivity contribution >= 4 is 41.5 Å². The van der Waals surface area contributed by atoms with E-state index >= 15 is 0 Å². The van der Waals surface area contributed by atoms with Gasteiger partial charge in [0.2, 0.25) is 11.9 Å². The van der Waals surface area contributed by atoms with Gasteiger partial charge in [-0.25, -0.2) is 4.98 Å². The number of aromatic nitrogens is 4. The first kappa shape index (κ1) is 20.1. The van der Waals surface area contributed by atoms with Crippen LogP contribution < -0.4 is 15.8 Å². The summed E-state index contributed by atoms with van der Waals surface area (Å²) in [5.74, 6) is -0.532. The Bertz CT molecular complexity index is 953. The summed E-state index contributed by atoms with van der Waals surface area (Å²) in [7, 11) is 0. The van der Waals surface area contributed by atoms with E-state index in [4.69, 9.17) is 14.2 Å². The highest BCUT2D eigenvalue weighted by molar-refractivity contribution is 8.06. The van der Waals surface area contributed by atoms with Crippen molar-refractivity contribution in [3.63, 3.8) is 0 Å². The normalized spacial score (nSPS) is 22.3. The van der Waals surface area contributed by atoms with Crippen LogP contribution in [0.4, 0.5) is 5.95 Å². The number of anilines is 1. The van der Waals surface area contributed by atoms with E-state index in [1.165, 1.54) is 6.33 Å². The molecule has 27 heavy (non-hydrogen) atoms. The molecular weight excluding hydrogens is 397 g/mol. The molecule has 1 saturated heterocycles. The molecular formula is C14H19N5O6PS-. The average Bonchev–Trinajstić information content (AvgIpc) is 3.18. The van der Waals surface area contributed by atoms with E-state index in [1.807, 2.05) is 0 Å². The molecule has 148 valence electrons. The van der Waals surface area contributed by atoms with Gasteiger partial charge in [0.25, 0.3) is 5.56 Å². The second-order valence-electron chi connectivity index (χ2n) is 6.44. The van der Waals surface area contributed by atoms with E-state index in [9.17, 15) is 14.5 Å². The molecule has 0 radical (unpaired) electrons. The standard InChI is InChI=1S/C14H20N5O6PS/c1-7(2)12(20)17-14-16-11-10(13(21)18-14)15-6-19(11)9-4-3-8(25-9)5-24-26(22,23)27/h6-9H,3-5H2,1-2H3,(H2,22,23,27)(H2,16,17,18,20,21)/p-1/t8-,9+/m0/s1. The average molecular weight is 416 g/mol. The van der Waals surface area contributed by atoms with Gasteiger partial charge in [-0.3, -0.25) is 24.5 Å². The molecule has 1 unspecified atom stereocenters. The fraction of sp³-hybridized carbons (Fsp3) is 0.571. The monoisotopic (exact) mass is 416 g/mol. The Balaban J connectivity index is 1.81. The summed E-state index contributed by atoms with van der Waals surface area (Å²) in [5.41, 5.74) is -0.102. The first-order valence-electron chi connectivity index (χ1n) is 8.25. The Morgan fingerprint density at radius 1 is 1.63 bits per heavy atom. The van der Waals surface area contributed by atoms with E-state index in [0.29, 0.717) is 12.8 Å². The highest BCUT2D eigenvalue weighted by Crippen LogP contribution is 2.35. The molecule has 0 aromatic carbocycles. The van der Waals surface area contributed by atoms with Crippen molar-refractivity contribution in [2.75, 3.05) is 11.9 Å². The molecule has 0 saturated carbocycles. The third-order valence-corrected chi connectivity index (χ3v) is 4.81. The van der Waals surface area contributed by atoms with Crippen molar-refractivity contribution in [1.82, 2.24) is 19.5 Å². The number of H-pyrrole nitrogens is 1. The Morgan fingerprint density at radius 3 is 3.04 bits per heavy atom. The van der Waals surface area contributed by atoms with Crippen molar-refractivity contribution in [2.24, 2.45) is 5.92 Å². The summed E-state index contributed by atoms with van der Waals surface area (Å²) >= 11 is 4.31. The maximum Gasteiger partial charge on any atom is 0.280 e. The van der Waals surface area contributed by atoms with Gasteiger partial charge in [0.1, 0.15) is 12.9 Å². The molecule has 1 amide bonds. The minimum Gasteiger partial charge on any atom is -0.780 e. The zero-order valence-electron chi connectivity index (χ0n) is 14.6. The van der Waals surface area contributed by atoms with Crippen LogP contribution in [0, 0.1) is 5.92 Å². The highest BCUT2D eigenvalue weighted by Gasteiger charge is 2.29. The second-order valence-corrected chi connectivity index (χ2v) is 9.02. The lowest BCUT2D eigenvalue weighted by molar-refractivity contribution is -0.204. The number of aromatic amines is 1. The molecule has 1 fully saturated rings. The van der Waals surface area contributed by atoms with E-state index in [0.717, 1.165) is 0 Å². The van der Waals surface area contributed by atoms with E-state index in [2.05, 4.69) is 32.1 Å². The third kappa shape index (κ3) is 4.78. The summed E-state index contributed by atoms with van der Waals surface area (Å²) in [6.45, 7) is -0.651. The second kappa shape index (κ2) is 7.74. The lowest BCUT2D eigenvalue weighted by Crippen LogP contribution is -2.22. The number of carbonyl (C=O) groups excluding carboxylic acids is 1. The maximum absolute atomic E-state index is 12.2. The van der Waals surface area contributed by atoms with Crippen LogP contribution in [0.1, 0.15) is 32.9 Å². The van der Waals surface area contributed by atoms with Crippen molar-refractivity contribution in [3.05, 3.63) is 16.7 Å². The molecule has 11 nitrogen and oxygen atoms in total. The zero-order valence-corrected chi connectivity index (χ0v) is 16.3. The molecule has 1 aliphatic heterocycles. The largest absolute Gasteiger partial charge is 0.780 e. The molecule has 0 spiro atoms. The lowest BCUT2D eigenvalue weighted by Gasteiger charge is -2.22. The molecule has 2 aromatic rings. The molecule has 2 aromatic heterocycles. The predicted octanol–water partition coefficient (Wildman–Crippen LogP) is -0.0146. The fourth-order valence-electron chi connectivity index (χ4n) is 2.65. The number of rotatable bonds is 6. The van der Waals surface area contributed by atoms with Gasteiger partial charge in [-0.15, -0.1) is 0 Å². The molecule has 3 heterocycles. The van der Waals surface area contributed by atoms with Crippen LogP contribution >= 0.6 is 6.72 Å². The van der Waals surface area contributed by atoms with Gasteiger partial charge >= 0.3 is 0 Å². The van der Waals surface area contributed by atoms with Crippen LogP contribution in [-0.2, 0) is 25.9 Å². The molecule has 1 aliphatic rings. The van der Waals surface area contributed by atoms with Crippen LogP contribution in [0.5, 0.6) is 0 Å². The molecule has 0 bridgehead atoms. The fourth-order valence-corrected chi connectivity index (χ4v) is 3.19. The van der Waals surface area contributed by atoms with Gasteiger partial charge in [-0.2, -0.15) is 4.98 Å². The number of amides is 1. The summed E-state index contributed by atoms with van der Waals surface area (Å²) in [6.07, 6.45) is 1.67. The Hall–Kier alpha value is -1.69. The number of nitrogens with one attached hydrogen (secondary N) is 2. The topological polar surface area (TPSA) is 154 Å². The number of hydrogen-bond donors (Lipinski definition) is 3. The molecule has 3 atom stereocenters. The minimum atomic E-state index is -3.99. The van der Waals surface area contributed by atoms with E-state index < -0.39 is 24.6 Å². The van der Waals surface area contributed by atoms with Crippen LogP contribution in [0.15, 0.2) is 11.1 Å². The Labute approximate surface area is 159 Å². The van der Waals surface area contributed by atoms with Gasteiger partial charge in [0.15, 0.2) is 11.2 Å². The van der Waals surface area contributed by atoms with Crippen LogP contribution in [-0.4, -0.2) is 43.0 Å². The highest BCUT2D eigenvalue weighted by atomic mass is 32.5. The van der Waals surface area contributed by atoms with Crippen LogP contribution in [0.3, 0.4) is 0 Å². The van der Waals surface area contributed by atoms with Crippen LogP contribution in [0.25, 0.3) is 11.2 Å². The SMILES string of the molecule is CC(C)C(=O)Nc1nc2c(ncn2[C@H]2CC[C@@H](COP([O-])(O)=S)O2)c(=O)[nH]1. The lowest BCUT2D eigenvalue weighted by atomic mass is 10.2. The predicted molar refractivity (Wildman–Crippen MR) is 97.2 cm³/mol. The summed E-state index contributed by atoms with van der Waals surface area (Å²) in [5, 5.41) is 2.55. The van der Waals surface area contributed by atoms with Crippen molar-refractivity contribution in [2.45, 2.75) is 39.0 Å². The van der Waals surface area contributed by atoms with Gasteiger partial charge in [0.05, 0.1) is 19.0 Å². The molecule has 0 aliphatic carbocycles. The van der Waals surface area contributed by atoms with Crippen LogP contribution in [0.2, 0.25) is 0 Å². The van der Waals surface area contributed by atoms with Crippen molar-refractivity contribution in [1.29, 1.82) is 0 Å². The van der Waals surface area contributed by atoms with E-state index in [-0.39, 0.29) is 35.5 Å². The van der Waals surface area contributed by atoms with Gasteiger partial charge < -0.3 is 19.0 Å². The number of fused-ring (bicyclic) bond motifs is 1. The Kier molecular flexibility index (Phi) is 5.75. The first-order valence-corrected chi connectivity index (χ1v) is 10.8. The van der Waals surface area contributed by atoms with Gasteiger partial charge in [0, 0.05) is 5.92 Å². The Morgan fingerprint density at radius 2 is 2.37 bits per heavy atom. The van der Waals surface area contributed by atoms with Crippen molar-refractivity contribution in [3.8, 4) is 0 Å². The maximum atomic E-state index is 12.2. The number of hydrogen-bond acceptors (Lipinski definition) is 8. The first-order chi connectivity index (χ1) is 12.6. The van der Waals surface area contributed by atoms with Gasteiger partial charge in [-0.1, -0.05) is 25.7 Å². The third-order valence-electron chi connectivity index (χ3n) is 4.02. The van der Waals surface area contributed by atoms with Crippen molar-refractivity contribution < 1.29 is 23.8 Å². The summed E-state index contributed by atoms with van der Waals surface area (Å²) in [6, 6.07) is 0. The smallest absolute Gasteiger partial charge is 0.280 e. The molecule has 3 rings (SSSR count). The zero-order chi connectivity index (χ0) is 19.8. The number of carbonyl (C=O) groups is 1. The summed E-state index contributed by atoms with van der Waals surface area (Å²) < 4.78 is 12.1. The minimum absolute atomic E-state index is 0.0261.